The molecule has 0 aromatic heterocycles. The fourth-order valence-corrected chi connectivity index (χ4v) is 2.89. The fraction of sp³-hybridized carbons (Fsp3) is 0.500. The summed E-state index contributed by atoms with van der Waals surface area (Å²) in [6, 6.07) is 5.96. The normalized spacial score (nSPS) is 15.9. The van der Waals surface area contributed by atoms with Gasteiger partial charge in [0.05, 0.1) is 12.3 Å². The number of amides is 1. The van der Waals surface area contributed by atoms with Crippen LogP contribution < -0.4 is 10.5 Å². The Hall–Kier alpha value is -1.97. The Labute approximate surface area is 132 Å². The van der Waals surface area contributed by atoms with Crippen LogP contribution in [0.4, 0.5) is 5.69 Å². The molecule has 0 spiro atoms. The zero-order valence-corrected chi connectivity index (χ0v) is 13.5. The number of ether oxygens (including phenoxy) is 1. The summed E-state index contributed by atoms with van der Waals surface area (Å²) in [4.78, 5) is 14.1. The molecule has 0 radical (unpaired) electrons. The summed E-state index contributed by atoms with van der Waals surface area (Å²) in [5.41, 5.74) is 7.44. The van der Waals surface area contributed by atoms with Crippen LogP contribution in [-0.2, 0) is 4.79 Å². The van der Waals surface area contributed by atoms with Crippen LogP contribution in [-0.4, -0.2) is 30.5 Å². The fourth-order valence-electron chi connectivity index (χ4n) is 2.89. The highest BCUT2D eigenvalue weighted by Gasteiger charge is 2.20. The predicted molar refractivity (Wildman–Crippen MR) is 90.7 cm³/mol. The van der Waals surface area contributed by atoms with Crippen LogP contribution in [0.2, 0.25) is 0 Å². The van der Waals surface area contributed by atoms with Crippen molar-refractivity contribution in [1.29, 1.82) is 0 Å². The van der Waals surface area contributed by atoms with Crippen LogP contribution in [0.25, 0.3) is 6.08 Å². The molecule has 0 unspecified atom stereocenters. The lowest BCUT2D eigenvalue weighted by atomic mass is 9.94. The molecule has 2 N–H and O–H groups in total. The quantitative estimate of drug-likeness (QED) is 0.669. The molecule has 0 bridgehead atoms. The molecule has 1 aliphatic carbocycles. The van der Waals surface area contributed by atoms with Crippen molar-refractivity contribution in [2.75, 3.05) is 19.4 Å². The van der Waals surface area contributed by atoms with Crippen molar-refractivity contribution in [3.8, 4) is 5.75 Å². The van der Waals surface area contributed by atoms with E-state index in [2.05, 4.69) is 0 Å². The minimum atomic E-state index is 0.0550. The highest BCUT2D eigenvalue weighted by atomic mass is 16.5. The van der Waals surface area contributed by atoms with E-state index in [1.165, 1.54) is 19.3 Å². The summed E-state index contributed by atoms with van der Waals surface area (Å²) in [6.45, 7) is 2.51. The highest BCUT2D eigenvalue weighted by Crippen LogP contribution is 2.24. The lowest BCUT2D eigenvalue weighted by Gasteiger charge is -2.30. The number of benzene rings is 1. The Balaban J connectivity index is 1.98. The third-order valence-corrected chi connectivity index (χ3v) is 4.22. The number of hydrogen-bond donors (Lipinski definition) is 1. The molecule has 1 aromatic rings. The first-order valence-electron chi connectivity index (χ1n) is 8.09. The van der Waals surface area contributed by atoms with Gasteiger partial charge in [-0.3, -0.25) is 4.79 Å². The lowest BCUT2D eigenvalue weighted by molar-refractivity contribution is -0.127. The number of nitrogens with zero attached hydrogens (tertiary/aromatic N) is 1. The van der Waals surface area contributed by atoms with Crippen molar-refractivity contribution < 1.29 is 9.53 Å². The van der Waals surface area contributed by atoms with Crippen molar-refractivity contribution >= 4 is 17.7 Å². The molecule has 22 heavy (non-hydrogen) atoms. The van der Waals surface area contributed by atoms with E-state index in [4.69, 9.17) is 10.5 Å². The molecule has 1 fully saturated rings. The van der Waals surface area contributed by atoms with Gasteiger partial charge in [-0.1, -0.05) is 25.3 Å². The molecule has 120 valence electrons. The number of rotatable bonds is 5. The molecule has 0 heterocycles. The maximum atomic E-state index is 12.3. The van der Waals surface area contributed by atoms with E-state index in [1.807, 2.05) is 43.1 Å². The van der Waals surface area contributed by atoms with Gasteiger partial charge >= 0.3 is 0 Å². The second kappa shape index (κ2) is 7.87. The zero-order chi connectivity index (χ0) is 15.9. The van der Waals surface area contributed by atoms with Crippen LogP contribution in [0.3, 0.4) is 0 Å². The first-order chi connectivity index (χ1) is 10.6. The number of nitrogens with two attached hydrogens (primary N) is 1. The minimum Gasteiger partial charge on any atom is -0.492 e. The van der Waals surface area contributed by atoms with Crippen molar-refractivity contribution in [3.05, 3.63) is 29.8 Å². The van der Waals surface area contributed by atoms with E-state index >= 15 is 0 Å². The number of hydrogen-bond acceptors (Lipinski definition) is 3. The summed E-state index contributed by atoms with van der Waals surface area (Å²) in [5.74, 6) is 0.740. The number of likely N-dealkylation sites (N-methyl/N-ethyl adjacent to an activating group) is 1. The average molecular weight is 302 g/mol. The second-order valence-electron chi connectivity index (χ2n) is 5.80. The molecule has 1 amide bonds. The molecule has 1 aromatic carbocycles. The Morgan fingerprint density at radius 2 is 2.09 bits per heavy atom. The average Bonchev–Trinajstić information content (AvgIpc) is 2.55. The summed E-state index contributed by atoms with van der Waals surface area (Å²) in [5, 5.41) is 0. The van der Waals surface area contributed by atoms with Crippen LogP contribution >= 0.6 is 0 Å². The van der Waals surface area contributed by atoms with Crippen molar-refractivity contribution in [2.24, 2.45) is 0 Å². The summed E-state index contributed by atoms with van der Waals surface area (Å²) < 4.78 is 5.41. The van der Waals surface area contributed by atoms with E-state index in [9.17, 15) is 4.79 Å². The van der Waals surface area contributed by atoms with E-state index < -0.39 is 0 Å². The molecule has 1 saturated carbocycles. The maximum Gasteiger partial charge on any atom is 0.246 e. The van der Waals surface area contributed by atoms with Gasteiger partial charge in [-0.05, 0) is 43.5 Å². The zero-order valence-electron chi connectivity index (χ0n) is 13.5. The third kappa shape index (κ3) is 4.26. The molecule has 1 aliphatic rings. The van der Waals surface area contributed by atoms with E-state index in [1.54, 1.807) is 6.08 Å². The van der Waals surface area contributed by atoms with Crippen LogP contribution in [0, 0.1) is 0 Å². The predicted octanol–water partition coefficient (Wildman–Crippen LogP) is 3.47. The Morgan fingerprint density at radius 3 is 2.73 bits per heavy atom. The van der Waals surface area contributed by atoms with Crippen molar-refractivity contribution in [3.63, 3.8) is 0 Å². The number of carbonyl (C=O) groups excluding carboxylic acids is 1. The molecule has 4 nitrogen and oxygen atoms in total. The second-order valence-corrected chi connectivity index (χ2v) is 5.80. The molecule has 0 saturated heterocycles. The molecular formula is C18H26N2O2. The summed E-state index contributed by atoms with van der Waals surface area (Å²) >= 11 is 0. The van der Waals surface area contributed by atoms with Gasteiger partial charge < -0.3 is 15.4 Å². The van der Waals surface area contributed by atoms with Gasteiger partial charge in [0.2, 0.25) is 5.91 Å². The standard InChI is InChI=1S/C18H26N2O2/c1-3-22-17-11-9-14(13-16(17)19)10-12-18(21)20(2)15-7-5-4-6-8-15/h9-13,15H,3-8,19H2,1-2H3/b12-10-. The van der Waals surface area contributed by atoms with E-state index in [0.717, 1.165) is 18.4 Å². The SMILES string of the molecule is CCOc1ccc(/C=C\C(=O)N(C)C2CCCCC2)cc1N. The summed E-state index contributed by atoms with van der Waals surface area (Å²) in [7, 11) is 1.90. The highest BCUT2D eigenvalue weighted by molar-refractivity contribution is 5.92. The van der Waals surface area contributed by atoms with Gasteiger partial charge in [0, 0.05) is 19.2 Å². The molecular weight excluding hydrogens is 276 g/mol. The van der Waals surface area contributed by atoms with Gasteiger partial charge in [-0.2, -0.15) is 0 Å². The minimum absolute atomic E-state index is 0.0550. The molecule has 0 aliphatic heterocycles. The lowest BCUT2D eigenvalue weighted by Crippen LogP contribution is -2.37. The van der Waals surface area contributed by atoms with Crippen molar-refractivity contribution in [1.82, 2.24) is 4.90 Å². The Kier molecular flexibility index (Phi) is 5.87. The summed E-state index contributed by atoms with van der Waals surface area (Å²) in [6.07, 6.45) is 9.41. The van der Waals surface area contributed by atoms with Gasteiger partial charge in [0.15, 0.2) is 0 Å². The number of nitrogen functional groups attached to an aromatic ring is 1. The largest absolute Gasteiger partial charge is 0.492 e. The van der Waals surface area contributed by atoms with Gasteiger partial charge in [-0.15, -0.1) is 0 Å². The molecule has 0 atom stereocenters. The first-order valence-corrected chi connectivity index (χ1v) is 8.09. The maximum absolute atomic E-state index is 12.3. The third-order valence-electron chi connectivity index (χ3n) is 4.22. The topological polar surface area (TPSA) is 55.6 Å². The van der Waals surface area contributed by atoms with Crippen LogP contribution in [0.1, 0.15) is 44.6 Å². The van der Waals surface area contributed by atoms with E-state index in [-0.39, 0.29) is 5.91 Å². The molecule has 2 rings (SSSR count). The monoisotopic (exact) mass is 302 g/mol. The van der Waals surface area contributed by atoms with Crippen LogP contribution in [0.15, 0.2) is 24.3 Å². The first kappa shape index (κ1) is 16.4. The Morgan fingerprint density at radius 1 is 1.36 bits per heavy atom. The van der Waals surface area contributed by atoms with E-state index in [0.29, 0.717) is 24.1 Å². The van der Waals surface area contributed by atoms with Crippen molar-refractivity contribution in [2.45, 2.75) is 45.1 Å². The van der Waals surface area contributed by atoms with Gasteiger partial charge in [0.1, 0.15) is 5.75 Å². The molecule has 4 heteroatoms. The van der Waals surface area contributed by atoms with Gasteiger partial charge in [-0.25, -0.2) is 0 Å². The smallest absolute Gasteiger partial charge is 0.246 e. The van der Waals surface area contributed by atoms with Crippen LogP contribution in [0.5, 0.6) is 5.75 Å². The number of carbonyl (C=O) groups is 1. The number of anilines is 1. The van der Waals surface area contributed by atoms with Gasteiger partial charge in [0.25, 0.3) is 0 Å². The Bertz CT molecular complexity index is 534.